The maximum Gasteiger partial charge on any atom is 0.121 e. The number of hydrogen-bond acceptors (Lipinski definition) is 0. The van der Waals surface area contributed by atoms with Crippen molar-refractivity contribution in [3.63, 3.8) is 0 Å². The molecule has 0 aromatic heterocycles. The van der Waals surface area contributed by atoms with Crippen LogP contribution in [-0.2, 0) is 0 Å². The van der Waals surface area contributed by atoms with E-state index in [4.69, 9.17) is 0 Å². The minimum absolute atomic E-state index is 0.938. The first-order valence-corrected chi connectivity index (χ1v) is 4.51. The van der Waals surface area contributed by atoms with Crippen molar-refractivity contribution in [2.24, 2.45) is 0 Å². The molecule has 0 spiro atoms. The molecule has 2 aliphatic carbocycles. The summed E-state index contributed by atoms with van der Waals surface area (Å²) in [4.78, 5) is 0. The van der Waals surface area contributed by atoms with Crippen LogP contribution in [0.4, 0.5) is 0 Å². The predicted molar refractivity (Wildman–Crippen MR) is 55.0 cm³/mol. The van der Waals surface area contributed by atoms with E-state index in [1.807, 2.05) is 18.2 Å². The minimum Gasteiger partial charge on any atom is -0.121 e. The van der Waals surface area contributed by atoms with Gasteiger partial charge in [-0.15, -0.1) is 5.73 Å². The average Bonchev–Trinajstić information content (AvgIpc) is 2.21. The van der Waals surface area contributed by atoms with Crippen molar-refractivity contribution in [2.45, 2.75) is 12.8 Å². The molecule has 0 amide bonds. The zero-order valence-electron chi connectivity index (χ0n) is 7.46. The fraction of sp³-hybridized carbons (Fsp3) is 0.154. The molecule has 0 aliphatic heterocycles. The van der Waals surface area contributed by atoms with Gasteiger partial charge in [-0.2, -0.15) is 0 Å². The molecule has 0 saturated heterocycles. The van der Waals surface area contributed by atoms with Crippen LogP contribution in [0.15, 0.2) is 59.4 Å². The van der Waals surface area contributed by atoms with Crippen LogP contribution in [-0.4, -0.2) is 0 Å². The van der Waals surface area contributed by atoms with E-state index in [-0.39, 0.29) is 0 Å². The van der Waals surface area contributed by atoms with Crippen LogP contribution < -0.4 is 0 Å². The second-order valence-corrected chi connectivity index (χ2v) is 3.08. The predicted octanol–water partition coefficient (Wildman–Crippen LogP) is 3.27. The molecule has 0 fully saturated rings. The third-order valence-electron chi connectivity index (χ3n) is 2.01. The second-order valence-electron chi connectivity index (χ2n) is 3.08. The summed E-state index contributed by atoms with van der Waals surface area (Å²) in [5.41, 5.74) is 5.72. The quantitative estimate of drug-likeness (QED) is 0.437. The Balaban J connectivity index is 2.10. The molecule has 0 N–H and O–H groups in total. The van der Waals surface area contributed by atoms with E-state index in [0.29, 0.717) is 0 Å². The maximum atomic E-state index is 3.25. The van der Waals surface area contributed by atoms with Gasteiger partial charge >= 0.3 is 0 Å². The molecule has 0 radical (unpaired) electrons. The lowest BCUT2D eigenvalue weighted by molar-refractivity contribution is 1.17. The molecule has 0 aromatic carbocycles. The van der Waals surface area contributed by atoms with Gasteiger partial charge in [-0.3, -0.25) is 0 Å². The molecule has 0 heteroatoms. The van der Waals surface area contributed by atoms with Crippen molar-refractivity contribution < 1.29 is 0 Å². The largest absolute Gasteiger partial charge is 0.121 e. The van der Waals surface area contributed by atoms with Crippen molar-refractivity contribution in [3.05, 3.63) is 65.5 Å². The Kier molecular flexibility index (Phi) is 2.38. The lowest BCUT2D eigenvalue weighted by Gasteiger charge is -1.98. The van der Waals surface area contributed by atoms with Crippen molar-refractivity contribution in [3.8, 4) is 0 Å². The molecule has 0 nitrogen and oxygen atoms in total. The van der Waals surface area contributed by atoms with E-state index in [9.17, 15) is 0 Å². The first-order chi connectivity index (χ1) is 6.45. The first kappa shape index (κ1) is 8.01. The fourth-order valence-corrected chi connectivity index (χ4v) is 1.37. The molecule has 13 heavy (non-hydrogen) atoms. The molecule has 0 atom stereocenters. The summed E-state index contributed by atoms with van der Waals surface area (Å²) in [6.45, 7) is 0. The summed E-state index contributed by atoms with van der Waals surface area (Å²) >= 11 is 0. The van der Waals surface area contributed by atoms with Gasteiger partial charge in [-0.05, 0) is 12.5 Å². The second kappa shape index (κ2) is 3.87. The summed E-state index contributed by atoms with van der Waals surface area (Å²) in [6, 6.07) is 0. The molecule has 0 heterocycles. The first-order valence-electron chi connectivity index (χ1n) is 4.51. The average molecular weight is 167 g/mol. The lowest BCUT2D eigenvalue weighted by atomic mass is 10.0. The molecular formula is C13H11+. The van der Waals surface area contributed by atoms with Gasteiger partial charge in [0.15, 0.2) is 0 Å². The summed E-state index contributed by atoms with van der Waals surface area (Å²) in [5.74, 6) is 0. The van der Waals surface area contributed by atoms with Crippen molar-refractivity contribution in [1.29, 1.82) is 0 Å². The highest BCUT2D eigenvalue weighted by Crippen LogP contribution is 2.16. The SMILES string of the molecule is C1=CCC=CC=1CC1=CC=CC=[C+]1. The fourth-order valence-electron chi connectivity index (χ4n) is 1.37. The normalized spacial score (nSPS) is 18.2. The maximum absolute atomic E-state index is 3.25. The van der Waals surface area contributed by atoms with Crippen LogP contribution in [0.3, 0.4) is 0 Å². The van der Waals surface area contributed by atoms with Gasteiger partial charge in [0.1, 0.15) is 11.6 Å². The lowest BCUT2D eigenvalue weighted by Crippen LogP contribution is -1.86. The zero-order chi connectivity index (χ0) is 8.93. The molecule has 0 unspecified atom stereocenters. The monoisotopic (exact) mass is 167 g/mol. The van der Waals surface area contributed by atoms with E-state index in [0.717, 1.165) is 12.8 Å². The van der Waals surface area contributed by atoms with Crippen LogP contribution in [0.5, 0.6) is 0 Å². The van der Waals surface area contributed by atoms with Crippen molar-refractivity contribution >= 4 is 0 Å². The Bertz CT molecular complexity index is 367. The standard InChI is InChI=1S/C13H11/c1-3-7-12(8-4-1)11-13-9-5-2-6-10-13/h1,3-7,9H,2,11H2/q+1. The smallest absolute Gasteiger partial charge is 0.121 e. The Morgan fingerprint density at radius 1 is 1.38 bits per heavy atom. The summed E-state index contributed by atoms with van der Waals surface area (Å²) < 4.78 is 0. The zero-order valence-corrected chi connectivity index (χ0v) is 7.46. The summed E-state index contributed by atoms with van der Waals surface area (Å²) in [7, 11) is 0. The van der Waals surface area contributed by atoms with E-state index in [2.05, 4.69) is 36.1 Å². The van der Waals surface area contributed by atoms with Gasteiger partial charge in [0.25, 0.3) is 0 Å². The minimum atomic E-state index is 0.938. The van der Waals surface area contributed by atoms with Gasteiger partial charge in [0, 0.05) is 30.2 Å². The van der Waals surface area contributed by atoms with E-state index in [1.165, 1.54) is 11.1 Å². The summed E-state index contributed by atoms with van der Waals surface area (Å²) in [6.07, 6.45) is 19.6. The molecule has 0 bridgehead atoms. The van der Waals surface area contributed by atoms with E-state index < -0.39 is 0 Å². The Morgan fingerprint density at radius 2 is 2.38 bits per heavy atom. The van der Waals surface area contributed by atoms with Gasteiger partial charge < -0.3 is 0 Å². The van der Waals surface area contributed by atoms with Crippen LogP contribution in [0.2, 0.25) is 0 Å². The van der Waals surface area contributed by atoms with Gasteiger partial charge in [-0.1, -0.05) is 12.2 Å². The third-order valence-corrected chi connectivity index (χ3v) is 2.01. The van der Waals surface area contributed by atoms with Crippen LogP contribution >= 0.6 is 0 Å². The molecule has 62 valence electrons. The number of hydrogen-bond donors (Lipinski definition) is 0. The number of allylic oxidation sites excluding steroid dienone is 9. The molecule has 0 saturated carbocycles. The van der Waals surface area contributed by atoms with Gasteiger partial charge in [0.2, 0.25) is 0 Å². The van der Waals surface area contributed by atoms with Crippen molar-refractivity contribution in [2.75, 3.05) is 0 Å². The molecule has 2 aliphatic rings. The Labute approximate surface area is 79.0 Å². The highest BCUT2D eigenvalue weighted by Gasteiger charge is 2.05. The van der Waals surface area contributed by atoms with Crippen molar-refractivity contribution in [1.82, 2.24) is 0 Å². The van der Waals surface area contributed by atoms with Crippen LogP contribution in [0, 0.1) is 6.08 Å². The van der Waals surface area contributed by atoms with E-state index >= 15 is 0 Å². The van der Waals surface area contributed by atoms with Gasteiger partial charge in [0.05, 0.1) is 6.08 Å². The third kappa shape index (κ3) is 2.16. The Morgan fingerprint density at radius 3 is 3.08 bits per heavy atom. The Hall–Kier alpha value is -1.61. The number of rotatable bonds is 2. The highest BCUT2D eigenvalue weighted by atomic mass is 14.0. The van der Waals surface area contributed by atoms with Gasteiger partial charge in [-0.25, -0.2) is 0 Å². The highest BCUT2D eigenvalue weighted by molar-refractivity contribution is 5.35. The van der Waals surface area contributed by atoms with E-state index in [1.54, 1.807) is 0 Å². The molecule has 0 aromatic rings. The van der Waals surface area contributed by atoms with Crippen LogP contribution in [0.25, 0.3) is 0 Å². The molecular weight excluding hydrogens is 156 g/mol. The summed E-state index contributed by atoms with van der Waals surface area (Å²) in [5, 5.41) is 0. The molecule has 2 rings (SSSR count). The van der Waals surface area contributed by atoms with Crippen LogP contribution in [0.1, 0.15) is 12.8 Å². The topological polar surface area (TPSA) is 0 Å².